The molecule has 0 aliphatic carbocycles. The Morgan fingerprint density at radius 1 is 1.44 bits per heavy atom. The van der Waals surface area contributed by atoms with Crippen LogP contribution in [0, 0.1) is 5.92 Å². The second-order valence-electron chi connectivity index (χ2n) is 2.18. The summed E-state index contributed by atoms with van der Waals surface area (Å²) in [7, 11) is -2.88. The molecule has 4 nitrogen and oxygen atoms in total. The SMILES string of the molecule is NC(=O)C1CS(=O)(=O)C1. The molecule has 1 rings (SSSR count). The van der Waals surface area contributed by atoms with E-state index in [0.29, 0.717) is 0 Å². The number of rotatable bonds is 1. The second-order valence-corrected chi connectivity index (χ2v) is 4.33. The largest absolute Gasteiger partial charge is 0.369 e. The summed E-state index contributed by atoms with van der Waals surface area (Å²) in [4.78, 5) is 10.2. The number of carbonyl (C=O) groups is 1. The van der Waals surface area contributed by atoms with Gasteiger partial charge in [0.25, 0.3) is 0 Å². The molecule has 0 saturated carbocycles. The van der Waals surface area contributed by atoms with Crippen LogP contribution in [-0.4, -0.2) is 25.8 Å². The third-order valence-corrected chi connectivity index (χ3v) is 3.13. The lowest BCUT2D eigenvalue weighted by molar-refractivity contribution is -0.120. The van der Waals surface area contributed by atoms with Crippen LogP contribution in [0.5, 0.6) is 0 Å². The number of hydrogen-bond donors (Lipinski definition) is 1. The van der Waals surface area contributed by atoms with Crippen LogP contribution in [0.2, 0.25) is 0 Å². The Balaban J connectivity index is 2.55. The Kier molecular flexibility index (Phi) is 1.23. The van der Waals surface area contributed by atoms with Gasteiger partial charge in [0, 0.05) is 0 Å². The molecule has 9 heavy (non-hydrogen) atoms. The molecule has 0 radical (unpaired) electrons. The van der Waals surface area contributed by atoms with E-state index in [-0.39, 0.29) is 11.5 Å². The zero-order chi connectivity index (χ0) is 7.07. The molecule has 0 aromatic rings. The Bertz CT molecular complexity index is 218. The Hall–Kier alpha value is -0.580. The van der Waals surface area contributed by atoms with Crippen molar-refractivity contribution in [2.75, 3.05) is 11.5 Å². The van der Waals surface area contributed by atoms with E-state index < -0.39 is 21.7 Å². The fraction of sp³-hybridized carbons (Fsp3) is 0.750. The van der Waals surface area contributed by atoms with Crippen LogP contribution in [0.25, 0.3) is 0 Å². The Morgan fingerprint density at radius 3 is 2.00 bits per heavy atom. The van der Waals surface area contributed by atoms with Crippen molar-refractivity contribution < 1.29 is 13.2 Å². The topological polar surface area (TPSA) is 77.2 Å². The second kappa shape index (κ2) is 1.70. The smallest absolute Gasteiger partial charge is 0.222 e. The first-order chi connectivity index (χ1) is 4.01. The lowest BCUT2D eigenvalue weighted by atomic mass is 10.2. The van der Waals surface area contributed by atoms with Gasteiger partial charge in [-0.3, -0.25) is 4.79 Å². The Labute approximate surface area is 53.0 Å². The van der Waals surface area contributed by atoms with Gasteiger partial charge in [-0.1, -0.05) is 0 Å². The van der Waals surface area contributed by atoms with Gasteiger partial charge in [-0.15, -0.1) is 0 Å². The molecule has 1 saturated heterocycles. The molecule has 0 aromatic carbocycles. The number of primary amides is 1. The molecule has 2 N–H and O–H groups in total. The predicted octanol–water partition coefficient (Wildman–Crippen LogP) is -1.48. The Morgan fingerprint density at radius 2 is 1.89 bits per heavy atom. The third-order valence-electron chi connectivity index (χ3n) is 1.31. The average Bonchev–Trinajstić information content (AvgIpc) is 1.59. The maximum Gasteiger partial charge on any atom is 0.222 e. The maximum atomic E-state index is 10.4. The van der Waals surface area contributed by atoms with E-state index in [0.717, 1.165) is 0 Å². The third kappa shape index (κ3) is 1.21. The highest BCUT2D eigenvalue weighted by Crippen LogP contribution is 2.16. The van der Waals surface area contributed by atoms with Gasteiger partial charge in [0.15, 0.2) is 9.84 Å². The lowest BCUT2D eigenvalue weighted by Crippen LogP contribution is -2.44. The molecule has 0 atom stereocenters. The summed E-state index contributed by atoms with van der Waals surface area (Å²) in [5.74, 6) is -1.04. The molecule has 0 bridgehead atoms. The molecule has 1 aliphatic heterocycles. The molecular weight excluding hydrogens is 142 g/mol. The van der Waals surface area contributed by atoms with Crippen LogP contribution in [0.3, 0.4) is 0 Å². The van der Waals surface area contributed by atoms with Gasteiger partial charge in [0.2, 0.25) is 5.91 Å². The van der Waals surface area contributed by atoms with Crippen LogP contribution in [0.15, 0.2) is 0 Å². The summed E-state index contributed by atoms with van der Waals surface area (Å²) in [6.45, 7) is 0. The van der Waals surface area contributed by atoms with Crippen molar-refractivity contribution in [3.8, 4) is 0 Å². The van der Waals surface area contributed by atoms with Crippen LogP contribution in [0.1, 0.15) is 0 Å². The summed E-state index contributed by atoms with van der Waals surface area (Å²) in [5, 5.41) is 0. The quantitative estimate of drug-likeness (QED) is 0.493. The van der Waals surface area contributed by atoms with Crippen LogP contribution >= 0.6 is 0 Å². The van der Waals surface area contributed by atoms with Crippen molar-refractivity contribution in [3.05, 3.63) is 0 Å². The molecule has 0 unspecified atom stereocenters. The first-order valence-electron chi connectivity index (χ1n) is 2.51. The minimum Gasteiger partial charge on any atom is -0.369 e. The number of carbonyl (C=O) groups excluding carboxylic acids is 1. The lowest BCUT2D eigenvalue weighted by Gasteiger charge is -2.21. The normalized spacial score (nSPS) is 24.9. The van der Waals surface area contributed by atoms with Crippen LogP contribution in [-0.2, 0) is 14.6 Å². The molecule has 1 fully saturated rings. The van der Waals surface area contributed by atoms with Crippen molar-refractivity contribution in [3.63, 3.8) is 0 Å². The number of amides is 1. The molecule has 1 amide bonds. The van der Waals surface area contributed by atoms with E-state index >= 15 is 0 Å². The molecule has 5 heteroatoms. The fourth-order valence-corrected chi connectivity index (χ4v) is 2.19. The summed E-state index contributed by atoms with van der Waals surface area (Å²) in [6, 6.07) is 0. The molecule has 1 aliphatic rings. The molecular formula is C4H7NO3S. The highest BCUT2D eigenvalue weighted by Gasteiger charge is 2.36. The zero-order valence-corrected chi connectivity index (χ0v) is 5.52. The summed E-state index contributed by atoms with van der Waals surface area (Å²) >= 11 is 0. The van der Waals surface area contributed by atoms with Crippen molar-refractivity contribution in [2.24, 2.45) is 11.7 Å². The van der Waals surface area contributed by atoms with Gasteiger partial charge < -0.3 is 5.73 Å². The summed E-state index contributed by atoms with van der Waals surface area (Å²) in [5.41, 5.74) is 4.82. The van der Waals surface area contributed by atoms with Gasteiger partial charge in [-0.2, -0.15) is 0 Å². The minimum atomic E-state index is -2.88. The first-order valence-corrected chi connectivity index (χ1v) is 4.33. The van der Waals surface area contributed by atoms with E-state index in [9.17, 15) is 13.2 Å². The van der Waals surface area contributed by atoms with Gasteiger partial charge >= 0.3 is 0 Å². The van der Waals surface area contributed by atoms with Crippen molar-refractivity contribution in [2.45, 2.75) is 0 Å². The van der Waals surface area contributed by atoms with Gasteiger partial charge in [0.1, 0.15) is 0 Å². The van der Waals surface area contributed by atoms with Crippen molar-refractivity contribution in [1.82, 2.24) is 0 Å². The van der Waals surface area contributed by atoms with Gasteiger partial charge in [-0.05, 0) is 0 Å². The maximum absolute atomic E-state index is 10.4. The van der Waals surface area contributed by atoms with Crippen molar-refractivity contribution >= 4 is 15.7 Å². The van der Waals surface area contributed by atoms with E-state index in [1.54, 1.807) is 0 Å². The van der Waals surface area contributed by atoms with E-state index in [1.807, 2.05) is 0 Å². The van der Waals surface area contributed by atoms with E-state index in [1.165, 1.54) is 0 Å². The highest BCUT2D eigenvalue weighted by atomic mass is 32.2. The zero-order valence-electron chi connectivity index (χ0n) is 4.70. The number of hydrogen-bond acceptors (Lipinski definition) is 3. The van der Waals surface area contributed by atoms with Crippen molar-refractivity contribution in [1.29, 1.82) is 0 Å². The van der Waals surface area contributed by atoms with E-state index in [4.69, 9.17) is 5.73 Å². The number of sulfone groups is 1. The molecule has 0 aromatic heterocycles. The minimum absolute atomic E-state index is 0.0532. The monoisotopic (exact) mass is 149 g/mol. The van der Waals surface area contributed by atoms with Crippen LogP contribution < -0.4 is 5.73 Å². The fourth-order valence-electron chi connectivity index (χ4n) is 0.729. The molecule has 0 spiro atoms. The molecule has 52 valence electrons. The summed E-state index contributed by atoms with van der Waals surface area (Å²) in [6.07, 6.45) is 0. The first kappa shape index (κ1) is 6.54. The van der Waals surface area contributed by atoms with Gasteiger partial charge in [-0.25, -0.2) is 8.42 Å². The highest BCUT2D eigenvalue weighted by molar-refractivity contribution is 7.92. The number of nitrogens with two attached hydrogens (primary N) is 1. The standard InChI is InChI=1S/C4H7NO3S/c5-4(6)3-1-9(7,8)2-3/h3H,1-2H2,(H2,5,6). The van der Waals surface area contributed by atoms with Crippen LogP contribution in [0.4, 0.5) is 0 Å². The average molecular weight is 149 g/mol. The molecule has 1 heterocycles. The predicted molar refractivity (Wildman–Crippen MR) is 31.3 cm³/mol. The summed E-state index contributed by atoms with van der Waals surface area (Å²) < 4.78 is 20.8. The van der Waals surface area contributed by atoms with Gasteiger partial charge in [0.05, 0.1) is 17.4 Å². The van der Waals surface area contributed by atoms with E-state index in [2.05, 4.69) is 0 Å².